The third kappa shape index (κ3) is 2.65. The molecule has 0 bridgehead atoms. The van der Waals surface area contributed by atoms with Gasteiger partial charge in [-0.15, -0.1) is 11.3 Å². The van der Waals surface area contributed by atoms with E-state index >= 15 is 0 Å². The van der Waals surface area contributed by atoms with Crippen molar-refractivity contribution in [2.24, 2.45) is 5.92 Å². The third-order valence-electron chi connectivity index (χ3n) is 4.10. The lowest BCUT2D eigenvalue weighted by Crippen LogP contribution is -2.44. The summed E-state index contributed by atoms with van der Waals surface area (Å²) in [5, 5.41) is 10.9. The number of carbonyl (C=O) groups excluding carboxylic acids is 1. The molecule has 6 heteroatoms. The Labute approximate surface area is 121 Å². The lowest BCUT2D eigenvalue weighted by molar-refractivity contribution is -0.138. The van der Waals surface area contributed by atoms with Crippen molar-refractivity contribution in [2.45, 2.75) is 25.8 Å². The third-order valence-corrected chi connectivity index (χ3v) is 5.12. The highest BCUT2D eigenvalue weighted by Gasteiger charge is 2.31. The fourth-order valence-corrected chi connectivity index (χ4v) is 3.92. The number of hydrogen-bond acceptors (Lipinski definition) is 3. The van der Waals surface area contributed by atoms with Crippen LogP contribution >= 0.6 is 11.3 Å². The highest BCUT2D eigenvalue weighted by atomic mass is 32.1. The van der Waals surface area contributed by atoms with Gasteiger partial charge in [0, 0.05) is 37.5 Å². The van der Waals surface area contributed by atoms with Gasteiger partial charge < -0.3 is 14.9 Å². The van der Waals surface area contributed by atoms with Crippen molar-refractivity contribution in [3.63, 3.8) is 0 Å². The SMILES string of the molecule is O=C(O)CC1CCN(C(=O)N2CCc3sccc3C2)C1. The quantitative estimate of drug-likeness (QED) is 0.908. The molecule has 0 spiro atoms. The molecule has 5 nitrogen and oxygen atoms in total. The Morgan fingerprint density at radius 2 is 2.20 bits per heavy atom. The summed E-state index contributed by atoms with van der Waals surface area (Å²) in [5.74, 6) is -0.664. The molecule has 0 aromatic carbocycles. The molecule has 1 saturated heterocycles. The lowest BCUT2D eigenvalue weighted by Gasteiger charge is -2.31. The summed E-state index contributed by atoms with van der Waals surface area (Å²) in [5.41, 5.74) is 1.26. The average Bonchev–Trinajstić information content (AvgIpc) is 3.04. The first kappa shape index (κ1) is 13.4. The molecule has 1 unspecified atom stereocenters. The van der Waals surface area contributed by atoms with Gasteiger partial charge in [0.15, 0.2) is 0 Å². The highest BCUT2D eigenvalue weighted by Crippen LogP contribution is 2.26. The predicted octanol–water partition coefficient (Wildman–Crippen LogP) is 2.02. The molecular formula is C14H18N2O3S. The van der Waals surface area contributed by atoms with Gasteiger partial charge in [0.25, 0.3) is 0 Å². The number of nitrogens with zero attached hydrogens (tertiary/aromatic N) is 2. The Kier molecular flexibility index (Phi) is 3.65. The minimum Gasteiger partial charge on any atom is -0.481 e. The van der Waals surface area contributed by atoms with Crippen LogP contribution in [0, 0.1) is 5.92 Å². The Morgan fingerprint density at radius 1 is 1.35 bits per heavy atom. The molecular weight excluding hydrogens is 276 g/mol. The van der Waals surface area contributed by atoms with Gasteiger partial charge in [0.1, 0.15) is 0 Å². The van der Waals surface area contributed by atoms with Gasteiger partial charge in [-0.05, 0) is 35.8 Å². The van der Waals surface area contributed by atoms with E-state index < -0.39 is 5.97 Å². The average molecular weight is 294 g/mol. The number of hydrogen-bond donors (Lipinski definition) is 1. The number of fused-ring (bicyclic) bond motifs is 1. The fraction of sp³-hybridized carbons (Fsp3) is 0.571. The van der Waals surface area contributed by atoms with Crippen molar-refractivity contribution in [3.05, 3.63) is 21.9 Å². The topological polar surface area (TPSA) is 60.9 Å². The summed E-state index contributed by atoms with van der Waals surface area (Å²) in [7, 11) is 0. The summed E-state index contributed by atoms with van der Waals surface area (Å²) in [6.45, 7) is 2.73. The standard InChI is InChI=1S/C14H18N2O3S/c17-13(18)7-10-1-4-15(8-10)14(19)16-5-2-12-11(9-16)3-6-20-12/h3,6,10H,1-2,4-5,7-9H2,(H,17,18). The number of urea groups is 1. The summed E-state index contributed by atoms with van der Waals surface area (Å²) in [4.78, 5) is 28.3. The molecule has 3 rings (SSSR count). The number of amides is 2. The zero-order valence-electron chi connectivity index (χ0n) is 11.2. The largest absolute Gasteiger partial charge is 0.481 e. The van der Waals surface area contributed by atoms with Gasteiger partial charge in [-0.1, -0.05) is 0 Å². The van der Waals surface area contributed by atoms with Crippen LogP contribution in [0.2, 0.25) is 0 Å². The van der Waals surface area contributed by atoms with E-state index in [1.54, 1.807) is 11.3 Å². The van der Waals surface area contributed by atoms with Crippen LogP contribution in [0.1, 0.15) is 23.3 Å². The molecule has 20 heavy (non-hydrogen) atoms. The Morgan fingerprint density at radius 3 is 3.00 bits per heavy atom. The molecule has 2 aliphatic heterocycles. The minimum absolute atomic E-state index is 0.0646. The van der Waals surface area contributed by atoms with Crippen LogP contribution < -0.4 is 0 Å². The second-order valence-corrected chi connectivity index (χ2v) is 6.52. The van der Waals surface area contributed by atoms with E-state index in [1.807, 2.05) is 9.80 Å². The smallest absolute Gasteiger partial charge is 0.320 e. The highest BCUT2D eigenvalue weighted by molar-refractivity contribution is 7.10. The molecule has 3 heterocycles. The number of thiophene rings is 1. The van der Waals surface area contributed by atoms with Crippen molar-refractivity contribution in [2.75, 3.05) is 19.6 Å². The number of aliphatic carboxylic acids is 1. The van der Waals surface area contributed by atoms with Gasteiger partial charge in [0.05, 0.1) is 0 Å². The molecule has 0 aliphatic carbocycles. The molecule has 1 aromatic heterocycles. The van der Waals surface area contributed by atoms with E-state index in [1.165, 1.54) is 10.4 Å². The maximum Gasteiger partial charge on any atom is 0.320 e. The molecule has 1 N–H and O–H groups in total. The van der Waals surface area contributed by atoms with Crippen LogP contribution in [0.25, 0.3) is 0 Å². The Hall–Kier alpha value is -1.56. The van der Waals surface area contributed by atoms with Gasteiger partial charge in [-0.2, -0.15) is 0 Å². The van der Waals surface area contributed by atoms with Crippen LogP contribution in [0.15, 0.2) is 11.4 Å². The van der Waals surface area contributed by atoms with E-state index in [4.69, 9.17) is 5.11 Å². The van der Waals surface area contributed by atoms with Gasteiger partial charge in [-0.25, -0.2) is 4.79 Å². The van der Waals surface area contributed by atoms with E-state index in [-0.39, 0.29) is 18.4 Å². The van der Waals surface area contributed by atoms with Crippen LogP contribution in [0.4, 0.5) is 4.79 Å². The van der Waals surface area contributed by atoms with Crippen LogP contribution in [0.3, 0.4) is 0 Å². The van der Waals surface area contributed by atoms with E-state index in [0.717, 1.165) is 19.4 Å². The molecule has 2 aliphatic rings. The molecule has 0 radical (unpaired) electrons. The zero-order valence-corrected chi connectivity index (χ0v) is 12.1. The first-order valence-corrected chi connectivity index (χ1v) is 7.82. The van der Waals surface area contributed by atoms with Crippen molar-refractivity contribution in [1.29, 1.82) is 0 Å². The zero-order chi connectivity index (χ0) is 14.1. The van der Waals surface area contributed by atoms with E-state index in [2.05, 4.69) is 11.4 Å². The number of carbonyl (C=O) groups is 2. The molecule has 1 fully saturated rings. The number of carboxylic acid groups (broad SMARTS) is 1. The Balaban J connectivity index is 1.59. The summed E-state index contributed by atoms with van der Waals surface area (Å²) in [6.07, 6.45) is 1.90. The normalized spacial score (nSPS) is 21.9. The van der Waals surface area contributed by atoms with E-state index in [0.29, 0.717) is 19.6 Å². The molecule has 1 aromatic rings. The first-order valence-electron chi connectivity index (χ1n) is 6.94. The Bertz CT molecular complexity index is 528. The van der Waals surface area contributed by atoms with Gasteiger partial charge in [0.2, 0.25) is 0 Å². The van der Waals surface area contributed by atoms with Crippen molar-refractivity contribution in [1.82, 2.24) is 9.80 Å². The number of carboxylic acids is 1. The summed E-state index contributed by atoms with van der Waals surface area (Å²) >= 11 is 1.76. The van der Waals surface area contributed by atoms with Gasteiger partial charge in [-0.3, -0.25) is 4.79 Å². The monoisotopic (exact) mass is 294 g/mol. The fourth-order valence-electron chi connectivity index (χ4n) is 3.03. The maximum absolute atomic E-state index is 12.5. The second-order valence-electron chi connectivity index (χ2n) is 5.52. The molecule has 108 valence electrons. The second kappa shape index (κ2) is 5.44. The number of rotatable bonds is 2. The maximum atomic E-state index is 12.5. The van der Waals surface area contributed by atoms with Crippen LogP contribution in [0.5, 0.6) is 0 Å². The van der Waals surface area contributed by atoms with Crippen LogP contribution in [-0.2, 0) is 17.8 Å². The summed E-state index contributed by atoms with van der Waals surface area (Å²) < 4.78 is 0. The predicted molar refractivity (Wildman–Crippen MR) is 75.8 cm³/mol. The first-order chi connectivity index (χ1) is 9.63. The van der Waals surface area contributed by atoms with Crippen molar-refractivity contribution < 1.29 is 14.7 Å². The molecule has 1 atom stereocenters. The molecule has 2 amide bonds. The number of likely N-dealkylation sites (tertiary alicyclic amines) is 1. The summed E-state index contributed by atoms with van der Waals surface area (Å²) in [6, 6.07) is 2.16. The van der Waals surface area contributed by atoms with Crippen molar-refractivity contribution in [3.8, 4) is 0 Å². The van der Waals surface area contributed by atoms with Gasteiger partial charge >= 0.3 is 12.0 Å². The minimum atomic E-state index is -0.773. The molecule has 0 saturated carbocycles. The lowest BCUT2D eigenvalue weighted by atomic mass is 10.1. The van der Waals surface area contributed by atoms with E-state index in [9.17, 15) is 9.59 Å². The van der Waals surface area contributed by atoms with Crippen molar-refractivity contribution >= 4 is 23.3 Å². The van der Waals surface area contributed by atoms with Crippen LogP contribution in [-0.4, -0.2) is 46.5 Å².